The van der Waals surface area contributed by atoms with Gasteiger partial charge in [0.2, 0.25) is 5.91 Å². The number of hydrogen-bond acceptors (Lipinski definition) is 5. The van der Waals surface area contributed by atoms with Gasteiger partial charge in [0.1, 0.15) is 11.7 Å². The summed E-state index contributed by atoms with van der Waals surface area (Å²) >= 11 is 0. The lowest BCUT2D eigenvalue weighted by Crippen LogP contribution is -2.43. The van der Waals surface area contributed by atoms with Gasteiger partial charge in [0.15, 0.2) is 0 Å². The molecule has 1 aromatic heterocycles. The molecule has 1 atom stereocenters. The summed E-state index contributed by atoms with van der Waals surface area (Å²) in [6.07, 6.45) is 0.739. The molecule has 0 radical (unpaired) electrons. The van der Waals surface area contributed by atoms with E-state index in [1.54, 1.807) is 24.3 Å². The fourth-order valence-electron chi connectivity index (χ4n) is 1.70. The second-order valence-corrected chi connectivity index (χ2v) is 4.28. The molecule has 1 aromatic carbocycles. The molecule has 0 spiro atoms. The monoisotopic (exact) mass is 288 g/mol. The Morgan fingerprint density at radius 3 is 2.52 bits per heavy atom. The number of nitrogens with one attached hydrogen (secondary N) is 1. The van der Waals surface area contributed by atoms with E-state index in [-0.39, 0.29) is 5.69 Å². The van der Waals surface area contributed by atoms with E-state index >= 15 is 0 Å². The van der Waals surface area contributed by atoms with Gasteiger partial charge in [-0.2, -0.15) is 0 Å². The van der Waals surface area contributed by atoms with Gasteiger partial charge < -0.3 is 16.2 Å². The Balaban J connectivity index is 2.20. The fraction of sp³-hybridized carbons (Fsp3) is 0.154. The number of hydrogen-bond donors (Lipinski definition) is 3. The van der Waals surface area contributed by atoms with E-state index in [1.807, 2.05) is 0 Å². The van der Waals surface area contributed by atoms with Crippen LogP contribution in [0.1, 0.15) is 16.9 Å². The van der Waals surface area contributed by atoms with Crippen LogP contribution in [0.4, 0.5) is 0 Å². The van der Waals surface area contributed by atoms with Crippen molar-refractivity contribution in [3.8, 4) is 0 Å². The van der Waals surface area contributed by atoms with Crippen LogP contribution in [-0.2, 0) is 9.59 Å². The summed E-state index contributed by atoms with van der Waals surface area (Å²) in [6, 6.07) is 5.54. The summed E-state index contributed by atoms with van der Waals surface area (Å²) < 4.78 is 0. The van der Waals surface area contributed by atoms with Crippen LogP contribution >= 0.6 is 0 Å². The molecule has 21 heavy (non-hydrogen) atoms. The number of rotatable bonds is 5. The zero-order valence-electron chi connectivity index (χ0n) is 10.8. The molecule has 2 amide bonds. The number of fused-ring (bicyclic) bond motifs is 1. The number of primary amides is 1. The zero-order valence-corrected chi connectivity index (χ0v) is 10.8. The number of nitrogens with zero attached hydrogens (tertiary/aromatic N) is 2. The lowest BCUT2D eigenvalue weighted by Gasteiger charge is -2.12. The molecule has 0 saturated carbocycles. The van der Waals surface area contributed by atoms with Crippen LogP contribution in [0.25, 0.3) is 11.0 Å². The Kier molecular flexibility index (Phi) is 4.07. The topological polar surface area (TPSA) is 135 Å². The fourth-order valence-corrected chi connectivity index (χ4v) is 1.70. The summed E-state index contributed by atoms with van der Waals surface area (Å²) in [6.45, 7) is 0. The Morgan fingerprint density at radius 2 is 1.90 bits per heavy atom. The third-order valence-electron chi connectivity index (χ3n) is 2.69. The predicted molar refractivity (Wildman–Crippen MR) is 72.2 cm³/mol. The molecule has 0 aliphatic carbocycles. The second-order valence-electron chi connectivity index (χ2n) is 4.28. The highest BCUT2D eigenvalue weighted by atomic mass is 16.4. The van der Waals surface area contributed by atoms with Crippen LogP contribution in [0.3, 0.4) is 0 Å². The van der Waals surface area contributed by atoms with Gasteiger partial charge >= 0.3 is 5.97 Å². The summed E-state index contributed by atoms with van der Waals surface area (Å²) in [5, 5.41) is 11.1. The first-order valence-electron chi connectivity index (χ1n) is 6.01. The van der Waals surface area contributed by atoms with Gasteiger partial charge in [0.25, 0.3) is 5.91 Å². The van der Waals surface area contributed by atoms with Crippen molar-refractivity contribution in [3.05, 3.63) is 36.2 Å². The van der Waals surface area contributed by atoms with E-state index in [1.165, 1.54) is 6.20 Å². The van der Waals surface area contributed by atoms with Crippen molar-refractivity contribution in [1.29, 1.82) is 0 Å². The number of carbonyl (C=O) groups is 3. The lowest BCUT2D eigenvalue weighted by molar-refractivity contribution is -0.140. The number of nitrogens with two attached hydrogens (primary N) is 1. The summed E-state index contributed by atoms with van der Waals surface area (Å²) in [7, 11) is 0. The smallest absolute Gasteiger partial charge is 0.326 e. The normalized spacial score (nSPS) is 11.8. The van der Waals surface area contributed by atoms with Crippen molar-refractivity contribution in [3.63, 3.8) is 0 Å². The maximum Gasteiger partial charge on any atom is 0.326 e. The van der Waals surface area contributed by atoms with E-state index in [0.29, 0.717) is 11.0 Å². The molecule has 108 valence electrons. The number of benzene rings is 1. The minimum Gasteiger partial charge on any atom is -0.480 e. The minimum atomic E-state index is -1.40. The number of amides is 2. The van der Waals surface area contributed by atoms with Gasteiger partial charge in [-0.25, -0.2) is 9.78 Å². The molecule has 0 saturated heterocycles. The molecule has 0 bridgehead atoms. The number of carbonyl (C=O) groups excluding carboxylic acids is 2. The molecule has 8 heteroatoms. The molecule has 1 heterocycles. The standard InChI is InChI=1S/C13H12N4O4/c14-11(18)5-9(13(20)21)17-12(19)10-6-15-7-3-1-2-4-8(7)16-10/h1-4,6,9H,5H2,(H2,14,18)(H,17,19)(H,20,21)/t9-/m1/s1. The lowest BCUT2D eigenvalue weighted by atomic mass is 10.2. The molecular formula is C13H12N4O4. The number of carboxylic acid groups (broad SMARTS) is 1. The molecular weight excluding hydrogens is 276 g/mol. The van der Waals surface area contributed by atoms with Crippen molar-refractivity contribution in [1.82, 2.24) is 15.3 Å². The van der Waals surface area contributed by atoms with E-state index in [4.69, 9.17) is 10.8 Å². The van der Waals surface area contributed by atoms with Crippen LogP contribution in [0.15, 0.2) is 30.5 Å². The average molecular weight is 288 g/mol. The van der Waals surface area contributed by atoms with Crippen molar-refractivity contribution in [2.24, 2.45) is 5.73 Å². The Labute approximate surface area is 119 Å². The second kappa shape index (κ2) is 5.95. The zero-order chi connectivity index (χ0) is 15.4. The summed E-state index contributed by atoms with van der Waals surface area (Å²) in [5.74, 6) is -2.91. The molecule has 0 aliphatic heterocycles. The van der Waals surface area contributed by atoms with Crippen LogP contribution in [-0.4, -0.2) is 38.9 Å². The Bertz CT molecular complexity index is 716. The minimum absolute atomic E-state index is 0.0376. The Hall–Kier alpha value is -3.03. The van der Waals surface area contributed by atoms with Crippen LogP contribution in [0, 0.1) is 0 Å². The molecule has 8 nitrogen and oxygen atoms in total. The molecule has 2 rings (SSSR count). The predicted octanol–water partition coefficient (Wildman–Crippen LogP) is -0.312. The highest BCUT2D eigenvalue weighted by Crippen LogP contribution is 2.08. The van der Waals surface area contributed by atoms with E-state index < -0.39 is 30.2 Å². The van der Waals surface area contributed by atoms with Gasteiger partial charge in [0.05, 0.1) is 23.7 Å². The van der Waals surface area contributed by atoms with Crippen LogP contribution in [0.5, 0.6) is 0 Å². The maximum absolute atomic E-state index is 12.0. The van der Waals surface area contributed by atoms with Crippen LogP contribution < -0.4 is 11.1 Å². The quantitative estimate of drug-likeness (QED) is 0.690. The maximum atomic E-state index is 12.0. The largest absolute Gasteiger partial charge is 0.480 e. The first kappa shape index (κ1) is 14.4. The number of para-hydroxylation sites is 2. The highest BCUT2D eigenvalue weighted by molar-refractivity contribution is 5.97. The van der Waals surface area contributed by atoms with E-state index in [2.05, 4.69) is 15.3 Å². The summed E-state index contributed by atoms with van der Waals surface area (Å²) in [5.41, 5.74) is 6.02. The van der Waals surface area contributed by atoms with Crippen molar-refractivity contribution in [2.75, 3.05) is 0 Å². The van der Waals surface area contributed by atoms with E-state index in [9.17, 15) is 14.4 Å². The third kappa shape index (κ3) is 3.50. The molecule has 0 aliphatic rings. The number of carboxylic acids is 1. The average Bonchev–Trinajstić information content (AvgIpc) is 2.45. The Morgan fingerprint density at radius 1 is 1.24 bits per heavy atom. The van der Waals surface area contributed by atoms with Gasteiger partial charge in [-0.3, -0.25) is 14.6 Å². The molecule has 0 fully saturated rings. The first-order chi connectivity index (χ1) is 9.97. The molecule has 0 unspecified atom stereocenters. The van der Waals surface area contributed by atoms with Gasteiger partial charge in [-0.1, -0.05) is 12.1 Å². The number of aromatic nitrogens is 2. The summed E-state index contributed by atoms with van der Waals surface area (Å²) in [4.78, 5) is 41.8. The third-order valence-corrected chi connectivity index (χ3v) is 2.69. The van der Waals surface area contributed by atoms with Crippen molar-refractivity contribution >= 4 is 28.8 Å². The molecule has 4 N–H and O–H groups in total. The van der Waals surface area contributed by atoms with E-state index in [0.717, 1.165) is 0 Å². The SMILES string of the molecule is NC(=O)C[C@@H](NC(=O)c1cnc2ccccc2n1)C(=O)O. The highest BCUT2D eigenvalue weighted by Gasteiger charge is 2.23. The van der Waals surface area contributed by atoms with Gasteiger partial charge in [-0.15, -0.1) is 0 Å². The first-order valence-corrected chi connectivity index (χ1v) is 6.01. The van der Waals surface area contributed by atoms with Gasteiger partial charge in [0, 0.05) is 0 Å². The van der Waals surface area contributed by atoms with Gasteiger partial charge in [-0.05, 0) is 12.1 Å². The van der Waals surface area contributed by atoms with Crippen molar-refractivity contribution < 1.29 is 19.5 Å². The number of aliphatic carboxylic acids is 1. The van der Waals surface area contributed by atoms with Crippen molar-refractivity contribution in [2.45, 2.75) is 12.5 Å². The molecule has 2 aromatic rings. The van der Waals surface area contributed by atoms with Crippen LogP contribution in [0.2, 0.25) is 0 Å².